The van der Waals surface area contributed by atoms with Crippen LogP contribution < -0.4 is 0 Å². The van der Waals surface area contributed by atoms with Gasteiger partial charge in [-0.1, -0.05) is 13.8 Å². The summed E-state index contributed by atoms with van der Waals surface area (Å²) in [6, 6.07) is -1.46. The molecule has 2 amide bonds. The van der Waals surface area contributed by atoms with Crippen LogP contribution in [-0.4, -0.2) is 58.4 Å². The second-order valence-electron chi connectivity index (χ2n) is 5.34. The summed E-state index contributed by atoms with van der Waals surface area (Å²) in [4.78, 5) is 38.0. The molecule has 1 aliphatic rings. The van der Waals surface area contributed by atoms with Crippen molar-refractivity contribution in [2.75, 3.05) is 13.6 Å². The van der Waals surface area contributed by atoms with E-state index in [0.29, 0.717) is 13.0 Å². The molecule has 0 radical (unpaired) electrons. The number of likely N-dealkylation sites (N-methyl/N-ethyl adjacent to an activating group) is 1. The van der Waals surface area contributed by atoms with Crippen LogP contribution in [0.2, 0.25) is 0 Å². The molecule has 1 fully saturated rings. The van der Waals surface area contributed by atoms with E-state index in [4.69, 9.17) is 5.11 Å². The van der Waals surface area contributed by atoms with Gasteiger partial charge >= 0.3 is 5.97 Å². The van der Waals surface area contributed by atoms with Crippen LogP contribution in [0.5, 0.6) is 0 Å². The molecule has 108 valence electrons. The normalized spacial score (nSPS) is 18.6. The van der Waals surface area contributed by atoms with Gasteiger partial charge in [0.05, 0.1) is 0 Å². The van der Waals surface area contributed by atoms with Gasteiger partial charge in [-0.3, -0.25) is 9.59 Å². The smallest absolute Gasteiger partial charge is 0.326 e. The van der Waals surface area contributed by atoms with Crippen molar-refractivity contribution in [3.05, 3.63) is 0 Å². The Kier molecular flexibility index (Phi) is 4.91. The lowest BCUT2D eigenvalue weighted by molar-refractivity contribution is -0.153. The zero-order valence-corrected chi connectivity index (χ0v) is 11.9. The van der Waals surface area contributed by atoms with Crippen LogP contribution >= 0.6 is 0 Å². The lowest BCUT2D eigenvalue weighted by Crippen LogP contribution is -2.54. The van der Waals surface area contributed by atoms with Gasteiger partial charge in [-0.25, -0.2) is 4.79 Å². The number of likely N-dealkylation sites (tertiary alicyclic amines) is 1. The molecule has 0 spiro atoms. The van der Waals surface area contributed by atoms with E-state index in [1.165, 1.54) is 18.9 Å². The number of aliphatic carboxylic acids is 1. The van der Waals surface area contributed by atoms with Crippen molar-refractivity contribution in [2.45, 2.75) is 45.7 Å². The summed E-state index contributed by atoms with van der Waals surface area (Å²) >= 11 is 0. The molecule has 2 atom stereocenters. The molecule has 0 aliphatic carbocycles. The average molecular weight is 270 g/mol. The van der Waals surface area contributed by atoms with Crippen molar-refractivity contribution in [3.63, 3.8) is 0 Å². The van der Waals surface area contributed by atoms with E-state index in [-0.39, 0.29) is 17.7 Å². The Morgan fingerprint density at radius 1 is 1.32 bits per heavy atom. The zero-order valence-electron chi connectivity index (χ0n) is 11.9. The first-order valence-electron chi connectivity index (χ1n) is 6.56. The van der Waals surface area contributed by atoms with Gasteiger partial charge in [0.2, 0.25) is 11.8 Å². The molecule has 0 aromatic carbocycles. The Hall–Kier alpha value is -1.59. The molecule has 0 aromatic heterocycles. The first kappa shape index (κ1) is 15.5. The number of nitrogens with zero attached hydrogens (tertiary/aromatic N) is 2. The van der Waals surface area contributed by atoms with Crippen molar-refractivity contribution in [1.82, 2.24) is 9.80 Å². The Balaban J connectivity index is 2.90. The van der Waals surface area contributed by atoms with Crippen molar-refractivity contribution in [3.8, 4) is 0 Å². The number of carbonyl (C=O) groups excluding carboxylic acids is 2. The molecule has 0 saturated carbocycles. The third-order valence-corrected chi connectivity index (χ3v) is 3.62. The average Bonchev–Trinajstić information content (AvgIpc) is 2.73. The fourth-order valence-corrected chi connectivity index (χ4v) is 2.31. The fourth-order valence-electron chi connectivity index (χ4n) is 2.31. The Labute approximate surface area is 113 Å². The molecule has 0 unspecified atom stereocenters. The number of amides is 2. The van der Waals surface area contributed by atoms with Gasteiger partial charge in [0.15, 0.2) is 0 Å². The van der Waals surface area contributed by atoms with Gasteiger partial charge in [-0.05, 0) is 19.3 Å². The maximum absolute atomic E-state index is 12.4. The molecule has 1 heterocycles. The lowest BCUT2D eigenvalue weighted by atomic mass is 10.0. The summed E-state index contributed by atoms with van der Waals surface area (Å²) in [7, 11) is 1.47. The molecule has 1 N–H and O–H groups in total. The van der Waals surface area contributed by atoms with Gasteiger partial charge in [0.25, 0.3) is 0 Å². The molecule has 6 nitrogen and oxygen atoms in total. The SMILES string of the molecule is CC(C)[C@@H](C(=O)N(C)[C@@H](C)C(=O)O)N1CCCC1=O. The van der Waals surface area contributed by atoms with Crippen molar-refractivity contribution in [1.29, 1.82) is 0 Å². The number of carboxylic acids is 1. The largest absolute Gasteiger partial charge is 0.480 e. The third kappa shape index (κ3) is 3.24. The van der Waals surface area contributed by atoms with Gasteiger partial charge in [0, 0.05) is 20.0 Å². The van der Waals surface area contributed by atoms with E-state index in [1.54, 1.807) is 4.90 Å². The van der Waals surface area contributed by atoms with Crippen molar-refractivity contribution in [2.24, 2.45) is 5.92 Å². The van der Waals surface area contributed by atoms with E-state index < -0.39 is 18.1 Å². The summed E-state index contributed by atoms with van der Waals surface area (Å²) in [6.45, 7) is 5.77. The Bertz CT molecular complexity index is 381. The van der Waals surface area contributed by atoms with Crippen LogP contribution in [0.25, 0.3) is 0 Å². The highest BCUT2D eigenvalue weighted by atomic mass is 16.4. The Morgan fingerprint density at radius 2 is 1.89 bits per heavy atom. The minimum atomic E-state index is -1.05. The van der Waals surface area contributed by atoms with E-state index in [0.717, 1.165) is 6.42 Å². The minimum Gasteiger partial charge on any atom is -0.480 e. The summed E-state index contributed by atoms with van der Waals surface area (Å²) < 4.78 is 0. The van der Waals surface area contributed by atoms with Gasteiger partial charge < -0.3 is 14.9 Å². The number of carbonyl (C=O) groups is 3. The molecule has 0 bridgehead atoms. The molecule has 1 rings (SSSR count). The van der Waals surface area contributed by atoms with E-state index in [1.807, 2.05) is 13.8 Å². The summed E-state index contributed by atoms with van der Waals surface area (Å²) in [5.41, 5.74) is 0. The predicted molar refractivity (Wildman–Crippen MR) is 69.4 cm³/mol. The molecule has 19 heavy (non-hydrogen) atoms. The summed E-state index contributed by atoms with van der Waals surface area (Å²) in [5.74, 6) is -1.42. The van der Waals surface area contributed by atoms with Crippen LogP contribution in [0.4, 0.5) is 0 Å². The summed E-state index contributed by atoms with van der Waals surface area (Å²) in [5, 5.41) is 8.96. The number of hydrogen-bond donors (Lipinski definition) is 1. The van der Waals surface area contributed by atoms with Crippen molar-refractivity contribution >= 4 is 17.8 Å². The topological polar surface area (TPSA) is 77.9 Å². The summed E-state index contributed by atoms with van der Waals surface area (Å²) in [6.07, 6.45) is 1.22. The number of hydrogen-bond acceptors (Lipinski definition) is 3. The van der Waals surface area contributed by atoms with E-state index in [9.17, 15) is 14.4 Å². The highest BCUT2D eigenvalue weighted by Gasteiger charge is 2.38. The number of rotatable bonds is 5. The first-order chi connectivity index (χ1) is 8.77. The molecule has 0 aromatic rings. The first-order valence-corrected chi connectivity index (χ1v) is 6.56. The fraction of sp³-hybridized carbons (Fsp3) is 0.769. The minimum absolute atomic E-state index is 0.0246. The van der Waals surface area contributed by atoms with Crippen LogP contribution in [-0.2, 0) is 14.4 Å². The second-order valence-corrected chi connectivity index (χ2v) is 5.34. The number of carboxylic acid groups (broad SMARTS) is 1. The molecular formula is C13H22N2O4. The van der Waals surface area contributed by atoms with Gasteiger partial charge in [-0.15, -0.1) is 0 Å². The maximum Gasteiger partial charge on any atom is 0.326 e. The molecular weight excluding hydrogens is 248 g/mol. The van der Waals surface area contributed by atoms with Crippen molar-refractivity contribution < 1.29 is 19.5 Å². The third-order valence-electron chi connectivity index (χ3n) is 3.62. The highest BCUT2D eigenvalue weighted by molar-refractivity contribution is 5.91. The monoisotopic (exact) mass is 270 g/mol. The Morgan fingerprint density at radius 3 is 2.26 bits per heavy atom. The predicted octanol–water partition coefficient (Wildman–Crippen LogP) is 0.565. The molecule has 6 heteroatoms. The van der Waals surface area contributed by atoms with Gasteiger partial charge in [0.1, 0.15) is 12.1 Å². The maximum atomic E-state index is 12.4. The van der Waals surface area contributed by atoms with Crippen LogP contribution in [0.1, 0.15) is 33.6 Å². The van der Waals surface area contributed by atoms with Crippen LogP contribution in [0.3, 0.4) is 0 Å². The molecule has 1 saturated heterocycles. The second kappa shape index (κ2) is 6.04. The zero-order chi connectivity index (χ0) is 14.7. The molecule has 1 aliphatic heterocycles. The van der Waals surface area contributed by atoms with E-state index in [2.05, 4.69) is 0 Å². The van der Waals surface area contributed by atoms with Gasteiger partial charge in [-0.2, -0.15) is 0 Å². The highest BCUT2D eigenvalue weighted by Crippen LogP contribution is 2.21. The standard InChI is InChI=1S/C13H22N2O4/c1-8(2)11(15-7-5-6-10(15)16)12(17)14(4)9(3)13(18)19/h8-9,11H,5-7H2,1-4H3,(H,18,19)/t9-,11-/m0/s1. The lowest BCUT2D eigenvalue weighted by Gasteiger charge is -2.34. The van der Waals surface area contributed by atoms with E-state index >= 15 is 0 Å². The van der Waals surface area contributed by atoms with Crippen LogP contribution in [0.15, 0.2) is 0 Å². The van der Waals surface area contributed by atoms with Crippen LogP contribution in [0, 0.1) is 5.92 Å². The quantitative estimate of drug-likeness (QED) is 0.792.